The molecule has 0 bridgehead atoms. The second-order valence-electron chi connectivity index (χ2n) is 4.45. The van der Waals surface area contributed by atoms with Crippen molar-refractivity contribution in [3.63, 3.8) is 0 Å². The average molecular weight is 203 g/mol. The minimum atomic E-state index is 0.739. The van der Waals surface area contributed by atoms with Crippen LogP contribution in [0.5, 0.6) is 0 Å². The molecule has 1 aromatic carbocycles. The zero-order valence-electron chi connectivity index (χ0n) is 9.87. The van der Waals surface area contributed by atoms with E-state index in [4.69, 9.17) is 0 Å². The van der Waals surface area contributed by atoms with Crippen LogP contribution in [0.1, 0.15) is 37.3 Å². The summed E-state index contributed by atoms with van der Waals surface area (Å²) in [4.78, 5) is 2.58. The third-order valence-corrected chi connectivity index (χ3v) is 3.61. The highest BCUT2D eigenvalue weighted by Gasteiger charge is 2.20. The lowest BCUT2D eigenvalue weighted by atomic mass is 9.92. The normalized spacial score (nSPS) is 22.1. The highest BCUT2D eigenvalue weighted by molar-refractivity contribution is 5.32. The third kappa shape index (κ3) is 2.23. The van der Waals surface area contributed by atoms with Gasteiger partial charge in [-0.05, 0) is 36.4 Å². The first-order valence-corrected chi connectivity index (χ1v) is 6.15. The van der Waals surface area contributed by atoms with E-state index in [2.05, 4.69) is 43.0 Å². The molecule has 0 saturated heterocycles. The van der Waals surface area contributed by atoms with Crippen LogP contribution in [0, 0.1) is 0 Å². The Morgan fingerprint density at radius 1 is 1.27 bits per heavy atom. The van der Waals surface area contributed by atoms with E-state index in [-0.39, 0.29) is 0 Å². The van der Waals surface area contributed by atoms with Crippen molar-refractivity contribution in [3.8, 4) is 0 Å². The molecular formula is C14H21N. The van der Waals surface area contributed by atoms with Crippen LogP contribution in [0.3, 0.4) is 0 Å². The van der Waals surface area contributed by atoms with Crippen LogP contribution in [-0.4, -0.2) is 24.5 Å². The van der Waals surface area contributed by atoms with E-state index >= 15 is 0 Å². The van der Waals surface area contributed by atoms with Crippen molar-refractivity contribution in [1.29, 1.82) is 0 Å². The van der Waals surface area contributed by atoms with E-state index in [1.54, 1.807) is 11.1 Å². The summed E-state index contributed by atoms with van der Waals surface area (Å²) in [6, 6.07) is 8.98. The summed E-state index contributed by atoms with van der Waals surface area (Å²) in [5.41, 5.74) is 3.16. The molecule has 1 unspecified atom stereocenters. The van der Waals surface area contributed by atoms with Crippen molar-refractivity contribution in [3.05, 3.63) is 35.4 Å². The molecule has 0 aliphatic carbocycles. The molecule has 0 fully saturated rings. The Morgan fingerprint density at radius 2 is 2.07 bits per heavy atom. The fourth-order valence-corrected chi connectivity index (χ4v) is 2.58. The Hall–Kier alpha value is -0.820. The van der Waals surface area contributed by atoms with Crippen LogP contribution in [0.4, 0.5) is 0 Å². The second-order valence-corrected chi connectivity index (χ2v) is 4.45. The quantitative estimate of drug-likeness (QED) is 0.714. The Morgan fingerprint density at radius 3 is 2.80 bits per heavy atom. The van der Waals surface area contributed by atoms with Crippen LogP contribution in [0.15, 0.2) is 24.3 Å². The molecular weight excluding hydrogens is 182 g/mol. The molecule has 1 aliphatic heterocycles. The molecule has 1 heteroatoms. The molecule has 0 amide bonds. The maximum absolute atomic E-state index is 2.58. The Balaban J connectivity index is 2.28. The summed E-state index contributed by atoms with van der Waals surface area (Å²) in [6.45, 7) is 8.22. The SMILES string of the molecule is CCC1CN(CC)CCc2ccccc21. The average Bonchev–Trinajstić information content (AvgIpc) is 2.48. The van der Waals surface area contributed by atoms with Gasteiger partial charge in [0.1, 0.15) is 0 Å². The number of nitrogens with zero attached hydrogens (tertiary/aromatic N) is 1. The predicted molar refractivity (Wildman–Crippen MR) is 65.3 cm³/mol. The third-order valence-electron chi connectivity index (χ3n) is 3.61. The van der Waals surface area contributed by atoms with Crippen LogP contribution < -0.4 is 0 Å². The van der Waals surface area contributed by atoms with Crippen molar-refractivity contribution in [2.24, 2.45) is 0 Å². The van der Waals surface area contributed by atoms with Gasteiger partial charge < -0.3 is 4.90 Å². The first-order valence-electron chi connectivity index (χ1n) is 6.15. The Kier molecular flexibility index (Phi) is 3.42. The van der Waals surface area contributed by atoms with E-state index in [1.165, 1.54) is 32.5 Å². The van der Waals surface area contributed by atoms with Gasteiger partial charge in [-0.3, -0.25) is 0 Å². The van der Waals surface area contributed by atoms with Crippen molar-refractivity contribution >= 4 is 0 Å². The molecule has 0 saturated carbocycles. The number of likely N-dealkylation sites (N-methyl/N-ethyl adjacent to an activating group) is 1. The van der Waals surface area contributed by atoms with Gasteiger partial charge in [0.05, 0.1) is 0 Å². The minimum absolute atomic E-state index is 0.739. The molecule has 2 rings (SSSR count). The van der Waals surface area contributed by atoms with Gasteiger partial charge in [-0.2, -0.15) is 0 Å². The molecule has 0 radical (unpaired) electrons. The maximum atomic E-state index is 2.58. The molecule has 0 aromatic heterocycles. The Labute approximate surface area is 93.1 Å². The van der Waals surface area contributed by atoms with E-state index < -0.39 is 0 Å². The fourth-order valence-electron chi connectivity index (χ4n) is 2.58. The zero-order valence-corrected chi connectivity index (χ0v) is 9.87. The van der Waals surface area contributed by atoms with Crippen LogP contribution in [0.2, 0.25) is 0 Å². The van der Waals surface area contributed by atoms with Crippen molar-refractivity contribution < 1.29 is 0 Å². The molecule has 0 spiro atoms. The summed E-state index contributed by atoms with van der Waals surface area (Å²) in [6.07, 6.45) is 2.48. The van der Waals surface area contributed by atoms with Gasteiger partial charge in [-0.1, -0.05) is 38.1 Å². The van der Waals surface area contributed by atoms with Crippen LogP contribution in [0.25, 0.3) is 0 Å². The fraction of sp³-hybridized carbons (Fsp3) is 0.571. The van der Waals surface area contributed by atoms with Gasteiger partial charge in [-0.25, -0.2) is 0 Å². The maximum Gasteiger partial charge on any atom is 0.00503 e. The molecule has 1 aromatic rings. The molecule has 1 heterocycles. The van der Waals surface area contributed by atoms with Gasteiger partial charge in [0.2, 0.25) is 0 Å². The van der Waals surface area contributed by atoms with Crippen LogP contribution in [-0.2, 0) is 6.42 Å². The number of hydrogen-bond acceptors (Lipinski definition) is 1. The number of hydrogen-bond donors (Lipinski definition) is 0. The van der Waals surface area contributed by atoms with E-state index in [1.807, 2.05) is 0 Å². The topological polar surface area (TPSA) is 3.24 Å². The van der Waals surface area contributed by atoms with Crippen molar-refractivity contribution in [1.82, 2.24) is 4.90 Å². The van der Waals surface area contributed by atoms with Gasteiger partial charge in [0.25, 0.3) is 0 Å². The van der Waals surface area contributed by atoms with Crippen LogP contribution >= 0.6 is 0 Å². The Bertz CT molecular complexity index is 319. The van der Waals surface area contributed by atoms with Gasteiger partial charge >= 0.3 is 0 Å². The molecule has 0 N–H and O–H groups in total. The zero-order chi connectivity index (χ0) is 10.7. The van der Waals surface area contributed by atoms with E-state index in [0.29, 0.717) is 0 Å². The first-order chi connectivity index (χ1) is 7.35. The highest BCUT2D eigenvalue weighted by atomic mass is 15.1. The van der Waals surface area contributed by atoms with Crippen molar-refractivity contribution in [2.45, 2.75) is 32.6 Å². The molecule has 1 nitrogen and oxygen atoms in total. The van der Waals surface area contributed by atoms with E-state index in [9.17, 15) is 0 Å². The molecule has 1 atom stereocenters. The van der Waals surface area contributed by atoms with Gasteiger partial charge in [0.15, 0.2) is 0 Å². The van der Waals surface area contributed by atoms with E-state index in [0.717, 1.165) is 5.92 Å². The van der Waals surface area contributed by atoms with Gasteiger partial charge in [-0.15, -0.1) is 0 Å². The standard InChI is InChI=1S/C14H21N/c1-3-12-11-15(4-2)10-9-13-7-5-6-8-14(12)13/h5-8,12H,3-4,9-11H2,1-2H3. The lowest BCUT2D eigenvalue weighted by molar-refractivity contribution is 0.279. The van der Waals surface area contributed by atoms with Crippen molar-refractivity contribution in [2.75, 3.05) is 19.6 Å². The number of benzene rings is 1. The molecule has 82 valence electrons. The molecule has 15 heavy (non-hydrogen) atoms. The number of rotatable bonds is 2. The highest BCUT2D eigenvalue weighted by Crippen LogP contribution is 2.27. The largest absolute Gasteiger partial charge is 0.303 e. The monoisotopic (exact) mass is 203 g/mol. The second kappa shape index (κ2) is 4.80. The molecule has 1 aliphatic rings. The lowest BCUT2D eigenvalue weighted by Gasteiger charge is -2.22. The summed E-state index contributed by atoms with van der Waals surface area (Å²) < 4.78 is 0. The number of fused-ring (bicyclic) bond motifs is 1. The summed E-state index contributed by atoms with van der Waals surface area (Å²) >= 11 is 0. The van der Waals surface area contributed by atoms with Gasteiger partial charge in [0, 0.05) is 13.1 Å². The smallest absolute Gasteiger partial charge is 0.00503 e. The minimum Gasteiger partial charge on any atom is -0.303 e. The summed E-state index contributed by atoms with van der Waals surface area (Å²) in [5.74, 6) is 0.739. The lowest BCUT2D eigenvalue weighted by Crippen LogP contribution is -2.27. The first kappa shape index (κ1) is 10.7. The summed E-state index contributed by atoms with van der Waals surface area (Å²) in [7, 11) is 0. The predicted octanol–water partition coefficient (Wildman–Crippen LogP) is 3.06. The summed E-state index contributed by atoms with van der Waals surface area (Å²) in [5, 5.41) is 0.